The van der Waals surface area contributed by atoms with Crippen LogP contribution in [0.2, 0.25) is 0 Å². The molecule has 0 amide bonds. The number of hydrogen-bond donors (Lipinski definition) is 1. The third kappa shape index (κ3) is 9.41. The van der Waals surface area contributed by atoms with Crippen LogP contribution in [0.5, 0.6) is 0 Å². The van der Waals surface area contributed by atoms with Gasteiger partial charge < -0.3 is 9.47 Å². The van der Waals surface area contributed by atoms with E-state index in [1.165, 1.54) is 0 Å². The lowest BCUT2D eigenvalue weighted by molar-refractivity contribution is -0.154. The van der Waals surface area contributed by atoms with Crippen LogP contribution in [0, 0.1) is 0 Å². The molecule has 94 valence electrons. The summed E-state index contributed by atoms with van der Waals surface area (Å²) in [6.07, 6.45) is 0.0784. The highest BCUT2D eigenvalue weighted by Crippen LogP contribution is 1.93. The molecule has 0 aromatic rings. The van der Waals surface area contributed by atoms with Crippen molar-refractivity contribution in [1.29, 1.82) is 0 Å². The standard InChI is InChI=1S/C8H14O7S/c1-2-3-14-7(9)6-8(10)15-4-5-16(11,12)13/h2-6H2,1H3,(H,11,12,13). The first kappa shape index (κ1) is 14.8. The summed E-state index contributed by atoms with van der Waals surface area (Å²) < 4.78 is 37.8. The molecule has 7 nitrogen and oxygen atoms in total. The minimum Gasteiger partial charge on any atom is -0.465 e. The summed E-state index contributed by atoms with van der Waals surface area (Å²) in [5, 5.41) is 0. The van der Waals surface area contributed by atoms with E-state index in [0.29, 0.717) is 6.42 Å². The van der Waals surface area contributed by atoms with E-state index in [1.807, 2.05) is 0 Å². The molecule has 0 rings (SSSR count). The van der Waals surface area contributed by atoms with Crippen molar-refractivity contribution >= 4 is 22.1 Å². The summed E-state index contributed by atoms with van der Waals surface area (Å²) in [7, 11) is -4.16. The second-order valence-electron chi connectivity index (χ2n) is 2.90. The predicted molar refractivity (Wildman–Crippen MR) is 53.2 cm³/mol. The fourth-order valence-electron chi connectivity index (χ4n) is 0.697. The van der Waals surface area contributed by atoms with Gasteiger partial charge in [-0.05, 0) is 6.42 Å². The zero-order chi connectivity index (χ0) is 12.6. The maximum absolute atomic E-state index is 10.9. The van der Waals surface area contributed by atoms with Crippen LogP contribution in [0.3, 0.4) is 0 Å². The molecule has 0 aliphatic carbocycles. The highest BCUT2D eigenvalue weighted by atomic mass is 32.2. The predicted octanol–water partition coefficient (Wildman–Crippen LogP) is -0.239. The molecule has 0 aromatic carbocycles. The van der Waals surface area contributed by atoms with Gasteiger partial charge in [-0.1, -0.05) is 6.92 Å². The van der Waals surface area contributed by atoms with Gasteiger partial charge in [-0.15, -0.1) is 0 Å². The van der Waals surface area contributed by atoms with Gasteiger partial charge in [-0.25, -0.2) is 0 Å². The Morgan fingerprint density at radius 2 is 1.62 bits per heavy atom. The summed E-state index contributed by atoms with van der Waals surface area (Å²) >= 11 is 0. The van der Waals surface area contributed by atoms with Crippen LogP contribution in [0.15, 0.2) is 0 Å². The van der Waals surface area contributed by atoms with Gasteiger partial charge in [-0.3, -0.25) is 14.1 Å². The van der Waals surface area contributed by atoms with Gasteiger partial charge in [0.05, 0.1) is 6.61 Å². The third-order valence-electron chi connectivity index (χ3n) is 1.36. The summed E-state index contributed by atoms with van der Waals surface area (Å²) in [4.78, 5) is 21.8. The first-order valence-electron chi connectivity index (χ1n) is 4.61. The molecule has 1 N–H and O–H groups in total. The lowest BCUT2D eigenvalue weighted by Gasteiger charge is -2.03. The van der Waals surface area contributed by atoms with Crippen molar-refractivity contribution in [2.75, 3.05) is 19.0 Å². The van der Waals surface area contributed by atoms with E-state index in [2.05, 4.69) is 9.47 Å². The van der Waals surface area contributed by atoms with Gasteiger partial charge in [0.1, 0.15) is 18.8 Å². The SMILES string of the molecule is CCCOC(=O)CC(=O)OCCS(=O)(=O)O. The zero-order valence-electron chi connectivity index (χ0n) is 8.84. The smallest absolute Gasteiger partial charge is 0.317 e. The van der Waals surface area contributed by atoms with Crippen LogP contribution in [0.25, 0.3) is 0 Å². The normalized spacial score (nSPS) is 10.9. The first-order valence-corrected chi connectivity index (χ1v) is 6.22. The molecule has 8 heteroatoms. The van der Waals surface area contributed by atoms with E-state index in [9.17, 15) is 18.0 Å². The molecule has 0 atom stereocenters. The van der Waals surface area contributed by atoms with Crippen LogP contribution in [0.1, 0.15) is 19.8 Å². The van der Waals surface area contributed by atoms with Crippen LogP contribution in [0.4, 0.5) is 0 Å². The quantitative estimate of drug-likeness (QED) is 0.379. The van der Waals surface area contributed by atoms with E-state index in [0.717, 1.165) is 0 Å². The fraction of sp³-hybridized carbons (Fsp3) is 0.750. The lowest BCUT2D eigenvalue weighted by atomic mass is 10.4. The number of rotatable bonds is 7. The Labute approximate surface area is 93.5 Å². The highest BCUT2D eigenvalue weighted by molar-refractivity contribution is 7.85. The van der Waals surface area contributed by atoms with Crippen LogP contribution in [-0.4, -0.2) is 43.9 Å². The van der Waals surface area contributed by atoms with Crippen molar-refractivity contribution in [1.82, 2.24) is 0 Å². The van der Waals surface area contributed by atoms with Gasteiger partial charge in [0, 0.05) is 0 Å². The minimum atomic E-state index is -4.16. The second kappa shape index (κ2) is 7.18. The Hall–Kier alpha value is -1.15. The molecule has 16 heavy (non-hydrogen) atoms. The average Bonchev–Trinajstić information content (AvgIpc) is 2.12. The number of carbonyl (C=O) groups excluding carboxylic acids is 2. The summed E-state index contributed by atoms with van der Waals surface area (Å²) in [5.74, 6) is -2.30. The summed E-state index contributed by atoms with van der Waals surface area (Å²) in [6.45, 7) is 1.54. The Bertz CT molecular complexity index is 332. The van der Waals surface area contributed by atoms with Crippen molar-refractivity contribution in [2.24, 2.45) is 0 Å². The molecule has 0 spiro atoms. The van der Waals surface area contributed by atoms with Crippen molar-refractivity contribution in [2.45, 2.75) is 19.8 Å². The number of carbonyl (C=O) groups is 2. The van der Waals surface area contributed by atoms with E-state index < -0.39 is 40.8 Å². The molecule has 0 unspecified atom stereocenters. The summed E-state index contributed by atoms with van der Waals surface area (Å²) in [5.41, 5.74) is 0. The topological polar surface area (TPSA) is 107 Å². The summed E-state index contributed by atoms with van der Waals surface area (Å²) in [6, 6.07) is 0. The molecule has 0 saturated carbocycles. The number of esters is 2. The molecule has 0 aliphatic rings. The van der Waals surface area contributed by atoms with Gasteiger partial charge in [0.2, 0.25) is 0 Å². The average molecular weight is 254 g/mol. The molecular weight excluding hydrogens is 240 g/mol. The van der Waals surface area contributed by atoms with Crippen LogP contribution in [-0.2, 0) is 29.2 Å². The van der Waals surface area contributed by atoms with E-state index in [4.69, 9.17) is 4.55 Å². The number of hydrogen-bond acceptors (Lipinski definition) is 6. The van der Waals surface area contributed by atoms with Gasteiger partial charge >= 0.3 is 11.9 Å². The molecule has 0 saturated heterocycles. The van der Waals surface area contributed by atoms with Gasteiger partial charge in [0.15, 0.2) is 0 Å². The number of ether oxygens (including phenoxy) is 2. The van der Waals surface area contributed by atoms with E-state index in [1.54, 1.807) is 6.92 Å². The largest absolute Gasteiger partial charge is 0.465 e. The maximum Gasteiger partial charge on any atom is 0.317 e. The van der Waals surface area contributed by atoms with Gasteiger partial charge in [-0.2, -0.15) is 8.42 Å². The second-order valence-corrected chi connectivity index (χ2v) is 4.48. The Kier molecular flexibility index (Phi) is 6.66. The molecular formula is C8H14O7S. The third-order valence-corrected chi connectivity index (χ3v) is 2.04. The minimum absolute atomic E-state index is 0.219. The molecule has 0 radical (unpaired) electrons. The van der Waals surface area contributed by atoms with E-state index >= 15 is 0 Å². The van der Waals surface area contributed by atoms with Crippen molar-refractivity contribution in [3.05, 3.63) is 0 Å². The zero-order valence-corrected chi connectivity index (χ0v) is 9.66. The monoisotopic (exact) mass is 254 g/mol. The molecule has 0 fully saturated rings. The maximum atomic E-state index is 10.9. The Morgan fingerprint density at radius 3 is 2.06 bits per heavy atom. The molecule has 0 aliphatic heterocycles. The van der Waals surface area contributed by atoms with Crippen molar-refractivity contribution in [3.8, 4) is 0 Å². The van der Waals surface area contributed by atoms with Crippen molar-refractivity contribution < 1.29 is 32.0 Å². The Morgan fingerprint density at radius 1 is 1.12 bits per heavy atom. The van der Waals surface area contributed by atoms with Crippen LogP contribution >= 0.6 is 0 Å². The molecule has 0 bridgehead atoms. The highest BCUT2D eigenvalue weighted by Gasteiger charge is 2.13. The fourth-order valence-corrected chi connectivity index (χ4v) is 0.991. The first-order chi connectivity index (χ1) is 7.35. The van der Waals surface area contributed by atoms with Crippen LogP contribution < -0.4 is 0 Å². The van der Waals surface area contributed by atoms with Crippen molar-refractivity contribution in [3.63, 3.8) is 0 Å². The molecule has 0 heterocycles. The molecule has 0 aromatic heterocycles. The van der Waals surface area contributed by atoms with E-state index in [-0.39, 0.29) is 6.61 Å². The lowest BCUT2D eigenvalue weighted by Crippen LogP contribution is -2.18. The Balaban J connectivity index is 3.70. The van der Waals surface area contributed by atoms with Gasteiger partial charge in [0.25, 0.3) is 10.1 Å².